The Morgan fingerprint density at radius 1 is 0.963 bits per heavy atom. The van der Waals surface area contributed by atoms with E-state index >= 15 is 0 Å². The largest absolute Gasteiger partial charge is 0.496 e. The van der Waals surface area contributed by atoms with Gasteiger partial charge >= 0.3 is 0 Å². The van der Waals surface area contributed by atoms with Crippen LogP contribution in [0.15, 0.2) is 71.2 Å². The van der Waals surface area contributed by atoms with Crippen LogP contribution in [0.4, 0.5) is 5.69 Å². The van der Waals surface area contributed by atoms with Crippen LogP contribution in [0.25, 0.3) is 0 Å². The van der Waals surface area contributed by atoms with Gasteiger partial charge in [-0.3, -0.25) is 9.59 Å². The minimum absolute atomic E-state index is 0.211. The average molecular weight is 445 g/mol. The van der Waals surface area contributed by atoms with Crippen LogP contribution in [0.5, 0.6) is 5.75 Å². The Labute approximate surface area is 170 Å². The van der Waals surface area contributed by atoms with Gasteiger partial charge in [-0.25, -0.2) is 0 Å². The summed E-state index contributed by atoms with van der Waals surface area (Å²) in [6, 6.07) is 18.8. The van der Waals surface area contributed by atoms with Crippen LogP contribution in [0.1, 0.15) is 26.3 Å². The lowest BCUT2D eigenvalue weighted by atomic mass is 10.0. The maximum Gasteiger partial charge on any atom is 0.259 e. The Bertz CT molecular complexity index is 1010. The second kappa shape index (κ2) is 8.37. The normalized spacial score (nSPS) is 10.3. The van der Waals surface area contributed by atoms with Crippen LogP contribution in [0, 0.1) is 0 Å². The first-order chi connectivity index (χ1) is 13.0. The summed E-state index contributed by atoms with van der Waals surface area (Å²) in [6.45, 7) is 0. The van der Waals surface area contributed by atoms with Crippen LogP contribution in [-0.4, -0.2) is 18.8 Å². The predicted octanol–water partition coefficient (Wildman–Crippen LogP) is 5.59. The summed E-state index contributed by atoms with van der Waals surface area (Å²) in [5.41, 5.74) is 1.68. The number of methoxy groups -OCH3 is 1. The number of carbonyl (C=O) groups is 2. The molecule has 0 saturated carbocycles. The molecule has 1 N–H and O–H groups in total. The molecular formula is C21H15BrClNO3. The van der Waals surface area contributed by atoms with E-state index < -0.39 is 0 Å². The Hall–Kier alpha value is -2.63. The van der Waals surface area contributed by atoms with Crippen LogP contribution in [0.2, 0.25) is 5.02 Å². The number of hydrogen-bond acceptors (Lipinski definition) is 3. The van der Waals surface area contributed by atoms with Gasteiger partial charge in [-0.1, -0.05) is 57.9 Å². The lowest BCUT2D eigenvalue weighted by Gasteiger charge is -2.11. The fourth-order valence-corrected chi connectivity index (χ4v) is 3.14. The molecule has 0 bridgehead atoms. The highest BCUT2D eigenvalue weighted by Crippen LogP contribution is 2.26. The Balaban J connectivity index is 1.90. The molecular weight excluding hydrogens is 430 g/mol. The maximum absolute atomic E-state index is 12.7. The first kappa shape index (κ1) is 19.1. The molecule has 0 atom stereocenters. The van der Waals surface area contributed by atoms with Gasteiger partial charge in [0.1, 0.15) is 5.75 Å². The van der Waals surface area contributed by atoms with E-state index in [9.17, 15) is 9.59 Å². The lowest BCUT2D eigenvalue weighted by molar-refractivity contribution is 0.101. The van der Waals surface area contributed by atoms with Crippen LogP contribution < -0.4 is 10.1 Å². The number of halogens is 2. The van der Waals surface area contributed by atoms with Crippen molar-refractivity contribution in [2.75, 3.05) is 12.4 Å². The number of ketones is 1. The summed E-state index contributed by atoms with van der Waals surface area (Å²) in [4.78, 5) is 25.3. The van der Waals surface area contributed by atoms with E-state index in [-0.39, 0.29) is 11.7 Å². The molecule has 3 rings (SSSR count). The molecule has 0 saturated heterocycles. The van der Waals surface area contributed by atoms with Gasteiger partial charge in [-0.05, 0) is 36.4 Å². The van der Waals surface area contributed by atoms with Crippen molar-refractivity contribution < 1.29 is 14.3 Å². The molecule has 0 spiro atoms. The molecule has 0 heterocycles. The van der Waals surface area contributed by atoms with Gasteiger partial charge in [0.05, 0.1) is 17.7 Å². The third-order valence-corrected chi connectivity index (χ3v) is 4.73. The maximum atomic E-state index is 12.7. The van der Waals surface area contributed by atoms with Crippen molar-refractivity contribution >= 4 is 44.9 Å². The molecule has 0 aliphatic heterocycles. The van der Waals surface area contributed by atoms with Gasteiger partial charge in [0, 0.05) is 21.3 Å². The number of anilines is 1. The number of ether oxygens (including phenoxy) is 1. The third-order valence-electron chi connectivity index (χ3n) is 3.91. The molecule has 4 nitrogen and oxygen atoms in total. The highest BCUT2D eigenvalue weighted by molar-refractivity contribution is 9.10. The third kappa shape index (κ3) is 4.38. The van der Waals surface area contributed by atoms with Gasteiger partial charge in [-0.15, -0.1) is 0 Å². The number of hydrogen-bond donors (Lipinski definition) is 1. The SMILES string of the molecule is COc1ccc(Br)cc1C(=O)Nc1ccc(Cl)c(C(=O)c2ccccc2)c1. The fraction of sp³-hybridized carbons (Fsp3) is 0.0476. The highest BCUT2D eigenvalue weighted by atomic mass is 79.9. The lowest BCUT2D eigenvalue weighted by Crippen LogP contribution is -2.14. The van der Waals surface area contributed by atoms with E-state index in [1.54, 1.807) is 60.7 Å². The van der Waals surface area contributed by atoms with Gasteiger partial charge in [0.25, 0.3) is 5.91 Å². The number of nitrogens with one attached hydrogen (secondary N) is 1. The minimum atomic E-state index is -0.353. The molecule has 0 unspecified atom stereocenters. The molecule has 0 aliphatic rings. The molecule has 1 amide bonds. The molecule has 6 heteroatoms. The minimum Gasteiger partial charge on any atom is -0.496 e. The topological polar surface area (TPSA) is 55.4 Å². The summed E-state index contributed by atoms with van der Waals surface area (Å²) in [5.74, 6) is -0.115. The van der Waals surface area contributed by atoms with Crippen LogP contribution in [-0.2, 0) is 0 Å². The Kier molecular flexibility index (Phi) is 5.94. The molecule has 0 aromatic heterocycles. The first-order valence-corrected chi connectivity index (χ1v) is 9.21. The van der Waals surface area contributed by atoms with Crippen molar-refractivity contribution in [3.05, 3.63) is 92.9 Å². The average Bonchev–Trinajstić information content (AvgIpc) is 2.69. The zero-order valence-corrected chi connectivity index (χ0v) is 16.7. The summed E-state index contributed by atoms with van der Waals surface area (Å²) < 4.78 is 6.00. The number of benzene rings is 3. The first-order valence-electron chi connectivity index (χ1n) is 8.04. The predicted molar refractivity (Wildman–Crippen MR) is 110 cm³/mol. The number of rotatable bonds is 5. The molecule has 3 aromatic carbocycles. The van der Waals surface area contributed by atoms with Gasteiger partial charge in [-0.2, -0.15) is 0 Å². The molecule has 27 heavy (non-hydrogen) atoms. The van der Waals surface area contributed by atoms with Crippen molar-refractivity contribution in [3.63, 3.8) is 0 Å². The Morgan fingerprint density at radius 3 is 2.41 bits per heavy atom. The monoisotopic (exact) mass is 443 g/mol. The van der Waals surface area contributed by atoms with E-state index in [1.807, 2.05) is 6.07 Å². The fourth-order valence-electron chi connectivity index (χ4n) is 2.58. The smallest absolute Gasteiger partial charge is 0.259 e. The van der Waals surface area contributed by atoms with E-state index in [2.05, 4.69) is 21.2 Å². The number of carbonyl (C=O) groups excluding carboxylic acids is 2. The summed E-state index contributed by atoms with van der Waals surface area (Å²) >= 11 is 9.55. The highest BCUT2D eigenvalue weighted by Gasteiger charge is 2.16. The van der Waals surface area contributed by atoms with E-state index in [4.69, 9.17) is 16.3 Å². The zero-order valence-electron chi connectivity index (χ0n) is 14.3. The summed E-state index contributed by atoms with van der Waals surface area (Å²) in [6.07, 6.45) is 0. The van der Waals surface area contributed by atoms with Crippen LogP contribution >= 0.6 is 27.5 Å². The second-order valence-electron chi connectivity index (χ2n) is 5.69. The van der Waals surface area contributed by atoms with Gasteiger partial charge < -0.3 is 10.1 Å². The molecule has 0 radical (unpaired) electrons. The summed E-state index contributed by atoms with van der Waals surface area (Å²) in [7, 11) is 1.50. The molecule has 0 aliphatic carbocycles. The van der Waals surface area contributed by atoms with Crippen molar-refractivity contribution in [3.8, 4) is 5.75 Å². The summed E-state index contributed by atoms with van der Waals surface area (Å²) in [5, 5.41) is 3.10. The van der Waals surface area contributed by atoms with Gasteiger partial charge in [0.15, 0.2) is 5.78 Å². The molecule has 0 fully saturated rings. The van der Waals surface area contributed by atoms with Crippen molar-refractivity contribution in [1.82, 2.24) is 0 Å². The van der Waals surface area contributed by atoms with Crippen molar-refractivity contribution in [2.24, 2.45) is 0 Å². The van der Waals surface area contributed by atoms with Crippen molar-refractivity contribution in [1.29, 1.82) is 0 Å². The van der Waals surface area contributed by atoms with Crippen LogP contribution in [0.3, 0.4) is 0 Å². The van der Waals surface area contributed by atoms with E-state index in [0.29, 0.717) is 33.1 Å². The second-order valence-corrected chi connectivity index (χ2v) is 7.01. The van der Waals surface area contributed by atoms with E-state index in [1.165, 1.54) is 7.11 Å². The standard InChI is InChI=1S/C21H15BrClNO3/c1-27-19-10-7-14(22)11-17(19)21(26)24-15-8-9-18(23)16(12-15)20(25)13-5-3-2-4-6-13/h2-12H,1H3,(H,24,26). The van der Waals surface area contributed by atoms with Gasteiger partial charge in [0.2, 0.25) is 0 Å². The molecule has 3 aromatic rings. The number of amides is 1. The van der Waals surface area contributed by atoms with E-state index in [0.717, 1.165) is 4.47 Å². The quantitative estimate of drug-likeness (QED) is 0.522. The Morgan fingerprint density at radius 2 is 1.70 bits per heavy atom. The molecule has 136 valence electrons. The zero-order chi connectivity index (χ0) is 19.4. The van der Waals surface area contributed by atoms with Crippen molar-refractivity contribution in [2.45, 2.75) is 0 Å².